The van der Waals surface area contributed by atoms with E-state index in [0.29, 0.717) is 0 Å². The highest BCUT2D eigenvalue weighted by molar-refractivity contribution is 7.11. The van der Waals surface area contributed by atoms with Crippen LogP contribution in [0, 0.1) is 5.92 Å². The summed E-state index contributed by atoms with van der Waals surface area (Å²) in [5.41, 5.74) is 1.19. The van der Waals surface area contributed by atoms with Crippen LogP contribution in [-0.4, -0.2) is 29.5 Å². The Balaban J connectivity index is 1.54. The Morgan fingerprint density at radius 1 is 1.45 bits per heavy atom. The van der Waals surface area contributed by atoms with Gasteiger partial charge >= 0.3 is 0 Å². The third kappa shape index (κ3) is 2.12. The van der Waals surface area contributed by atoms with E-state index in [1.807, 2.05) is 5.01 Å². The van der Waals surface area contributed by atoms with Crippen LogP contribution < -0.4 is 0 Å². The highest BCUT2D eigenvalue weighted by Crippen LogP contribution is 2.35. The van der Waals surface area contributed by atoms with Gasteiger partial charge in [0, 0.05) is 13.5 Å². The second-order valence-corrected chi connectivity index (χ2v) is 6.36. The normalized spacial score (nSPS) is 21.4. The molecule has 0 aromatic carbocycles. The van der Waals surface area contributed by atoms with E-state index < -0.39 is 0 Å². The third-order valence-corrected chi connectivity index (χ3v) is 4.71. The van der Waals surface area contributed by atoms with E-state index in [2.05, 4.69) is 46.8 Å². The first-order chi connectivity index (χ1) is 9.81. The number of hydrogen-bond donors (Lipinski definition) is 0. The second kappa shape index (κ2) is 4.66. The summed E-state index contributed by atoms with van der Waals surface area (Å²) in [5, 5.41) is 8.63. The first-order valence-corrected chi connectivity index (χ1v) is 7.88. The van der Waals surface area contributed by atoms with Crippen molar-refractivity contribution >= 4 is 22.9 Å². The number of hydrogen-bond acceptors (Lipinski definition) is 5. The summed E-state index contributed by atoms with van der Waals surface area (Å²) in [6.45, 7) is 0.827. The average Bonchev–Trinajstić information content (AvgIpc) is 3.02. The van der Waals surface area contributed by atoms with Gasteiger partial charge < -0.3 is 9.64 Å². The molecular formula is C15H17N3OS. The minimum atomic E-state index is 0.765. The maximum absolute atomic E-state index is 5.79. The van der Waals surface area contributed by atoms with Crippen molar-refractivity contribution in [3.63, 3.8) is 0 Å². The van der Waals surface area contributed by atoms with Crippen LogP contribution in [0.4, 0.5) is 0 Å². The molecule has 3 heterocycles. The van der Waals surface area contributed by atoms with Crippen molar-refractivity contribution < 1.29 is 4.74 Å². The quantitative estimate of drug-likeness (QED) is 0.854. The van der Waals surface area contributed by atoms with Crippen LogP contribution in [0.15, 0.2) is 40.7 Å². The topological polar surface area (TPSA) is 28.1 Å². The SMILES string of the molecule is CN1C(c2cccs2)=CN2N=C(OCC3CC3)CC=C21. The summed E-state index contributed by atoms with van der Waals surface area (Å²) in [7, 11) is 2.09. The summed E-state index contributed by atoms with van der Waals surface area (Å²) < 4.78 is 5.79. The van der Waals surface area contributed by atoms with Gasteiger partial charge in [-0.2, -0.15) is 0 Å². The lowest BCUT2D eigenvalue weighted by Crippen LogP contribution is -2.23. The lowest BCUT2D eigenvalue weighted by atomic mass is 10.3. The number of fused-ring (bicyclic) bond motifs is 1. The molecule has 104 valence electrons. The summed E-state index contributed by atoms with van der Waals surface area (Å²) in [4.78, 5) is 3.45. The van der Waals surface area contributed by atoms with Gasteiger partial charge in [0.1, 0.15) is 5.82 Å². The molecule has 1 aromatic rings. The molecule has 20 heavy (non-hydrogen) atoms. The van der Waals surface area contributed by atoms with Crippen molar-refractivity contribution in [2.24, 2.45) is 11.0 Å². The zero-order valence-corrected chi connectivity index (χ0v) is 12.3. The van der Waals surface area contributed by atoms with Crippen molar-refractivity contribution in [3.05, 3.63) is 40.5 Å². The van der Waals surface area contributed by atoms with Crippen LogP contribution in [0.5, 0.6) is 0 Å². The van der Waals surface area contributed by atoms with Gasteiger partial charge in [-0.05, 0) is 36.3 Å². The van der Waals surface area contributed by atoms with Gasteiger partial charge in [-0.1, -0.05) is 6.07 Å². The van der Waals surface area contributed by atoms with Crippen LogP contribution in [-0.2, 0) is 4.74 Å². The van der Waals surface area contributed by atoms with Crippen molar-refractivity contribution in [2.75, 3.05) is 13.7 Å². The standard InChI is InChI=1S/C15H17N3OS/c1-17-12(13-3-2-8-20-13)9-18-15(17)7-6-14(16-18)19-10-11-4-5-11/h2-3,7-9,11H,4-6,10H2,1H3. The van der Waals surface area contributed by atoms with E-state index in [4.69, 9.17) is 4.74 Å². The minimum Gasteiger partial charge on any atom is -0.479 e. The van der Waals surface area contributed by atoms with Crippen molar-refractivity contribution in [2.45, 2.75) is 19.3 Å². The smallest absolute Gasteiger partial charge is 0.210 e. The molecule has 4 nitrogen and oxygen atoms in total. The number of nitrogens with zero attached hydrogens (tertiary/aromatic N) is 3. The monoisotopic (exact) mass is 287 g/mol. The van der Waals surface area contributed by atoms with Gasteiger partial charge in [-0.15, -0.1) is 16.4 Å². The van der Waals surface area contributed by atoms with E-state index in [1.165, 1.54) is 23.4 Å². The molecule has 0 spiro atoms. The Hall–Kier alpha value is -1.75. The van der Waals surface area contributed by atoms with Crippen molar-refractivity contribution in [1.82, 2.24) is 9.91 Å². The highest BCUT2D eigenvalue weighted by atomic mass is 32.1. The van der Waals surface area contributed by atoms with Gasteiger partial charge in [0.25, 0.3) is 0 Å². The molecule has 2 aliphatic heterocycles. The molecule has 0 bridgehead atoms. The van der Waals surface area contributed by atoms with Gasteiger partial charge in [-0.3, -0.25) is 0 Å². The van der Waals surface area contributed by atoms with Crippen LogP contribution >= 0.6 is 11.3 Å². The van der Waals surface area contributed by atoms with E-state index in [9.17, 15) is 0 Å². The number of hydrazone groups is 1. The van der Waals surface area contributed by atoms with Gasteiger partial charge in [0.15, 0.2) is 0 Å². The van der Waals surface area contributed by atoms with Crippen molar-refractivity contribution in [3.8, 4) is 0 Å². The Morgan fingerprint density at radius 2 is 2.35 bits per heavy atom. The molecule has 0 amide bonds. The molecule has 1 fully saturated rings. The maximum Gasteiger partial charge on any atom is 0.210 e. The lowest BCUT2D eigenvalue weighted by Gasteiger charge is -2.23. The zero-order chi connectivity index (χ0) is 13.5. The van der Waals surface area contributed by atoms with Crippen LogP contribution in [0.3, 0.4) is 0 Å². The summed E-state index contributed by atoms with van der Waals surface area (Å²) in [5.74, 6) is 2.71. The summed E-state index contributed by atoms with van der Waals surface area (Å²) in [6.07, 6.45) is 7.67. The first-order valence-electron chi connectivity index (χ1n) is 7.00. The molecule has 5 heteroatoms. The summed E-state index contributed by atoms with van der Waals surface area (Å²) in [6, 6.07) is 4.22. The van der Waals surface area contributed by atoms with Gasteiger partial charge in [-0.25, -0.2) is 5.01 Å². The molecule has 1 aromatic heterocycles. The highest BCUT2D eigenvalue weighted by Gasteiger charge is 2.29. The van der Waals surface area contributed by atoms with E-state index >= 15 is 0 Å². The van der Waals surface area contributed by atoms with Crippen LogP contribution in [0.2, 0.25) is 0 Å². The lowest BCUT2D eigenvalue weighted by molar-refractivity contribution is 0.264. The molecule has 0 radical (unpaired) electrons. The first kappa shape index (κ1) is 12.0. The number of thiophene rings is 1. The molecule has 0 N–H and O–H groups in total. The van der Waals surface area contributed by atoms with Crippen LogP contribution in [0.1, 0.15) is 24.1 Å². The van der Waals surface area contributed by atoms with E-state index in [-0.39, 0.29) is 0 Å². The number of ether oxygens (including phenoxy) is 1. The molecule has 0 atom stereocenters. The predicted molar refractivity (Wildman–Crippen MR) is 80.7 cm³/mol. The zero-order valence-electron chi connectivity index (χ0n) is 11.5. The molecule has 1 saturated carbocycles. The van der Waals surface area contributed by atoms with Gasteiger partial charge in [0.2, 0.25) is 5.90 Å². The Morgan fingerprint density at radius 3 is 3.10 bits per heavy atom. The summed E-state index contributed by atoms with van der Waals surface area (Å²) >= 11 is 1.75. The van der Waals surface area contributed by atoms with Crippen LogP contribution in [0.25, 0.3) is 5.70 Å². The Kier molecular flexibility index (Phi) is 2.80. The minimum absolute atomic E-state index is 0.765. The van der Waals surface area contributed by atoms with E-state index in [0.717, 1.165) is 30.7 Å². The largest absolute Gasteiger partial charge is 0.479 e. The molecule has 4 rings (SSSR count). The second-order valence-electron chi connectivity index (χ2n) is 5.41. The third-order valence-electron chi connectivity index (χ3n) is 3.82. The van der Waals surface area contributed by atoms with Gasteiger partial charge in [0.05, 0.1) is 23.4 Å². The fraction of sp³-hybridized carbons (Fsp3) is 0.400. The fourth-order valence-corrected chi connectivity index (χ4v) is 3.21. The number of rotatable bonds is 3. The average molecular weight is 287 g/mol. The molecule has 1 aliphatic carbocycles. The molecule has 0 saturated heterocycles. The molecule has 3 aliphatic rings. The fourth-order valence-electron chi connectivity index (χ4n) is 2.44. The Labute approximate surface area is 122 Å². The van der Waals surface area contributed by atoms with E-state index in [1.54, 1.807) is 11.3 Å². The predicted octanol–water partition coefficient (Wildman–Crippen LogP) is 3.28. The molecule has 0 unspecified atom stereocenters. The molecular weight excluding hydrogens is 270 g/mol. The van der Waals surface area contributed by atoms with Crippen molar-refractivity contribution in [1.29, 1.82) is 0 Å². The Bertz CT molecular complexity index is 599. The maximum atomic E-state index is 5.79.